The summed E-state index contributed by atoms with van der Waals surface area (Å²) in [6.07, 6.45) is 0.435. The minimum atomic E-state index is -4.04. The summed E-state index contributed by atoms with van der Waals surface area (Å²) in [6.45, 7) is 0. The normalized spacial score (nSPS) is 19.9. The number of benzene rings is 4. The molecule has 35 heavy (non-hydrogen) atoms. The van der Waals surface area contributed by atoms with Gasteiger partial charge in [-0.15, -0.1) is 0 Å². The van der Waals surface area contributed by atoms with E-state index < -0.39 is 31.5 Å². The van der Waals surface area contributed by atoms with Crippen molar-refractivity contribution in [3.05, 3.63) is 144 Å². The van der Waals surface area contributed by atoms with Crippen LogP contribution in [-0.4, -0.2) is 29.1 Å². The van der Waals surface area contributed by atoms with E-state index in [1.165, 1.54) is 0 Å². The molecule has 0 aromatic heterocycles. The summed E-state index contributed by atoms with van der Waals surface area (Å²) < 4.78 is 28.7. The van der Waals surface area contributed by atoms with Crippen molar-refractivity contribution >= 4 is 9.84 Å². The van der Waals surface area contributed by atoms with Crippen molar-refractivity contribution in [3.8, 4) is 0 Å². The zero-order chi connectivity index (χ0) is 24.5. The smallest absolute Gasteiger partial charge is 0.163 e. The summed E-state index contributed by atoms with van der Waals surface area (Å²) in [5.41, 5.74) is -1.45. The van der Waals surface area contributed by atoms with E-state index in [4.69, 9.17) is 0 Å². The van der Waals surface area contributed by atoms with E-state index in [9.17, 15) is 18.6 Å². The maximum atomic E-state index is 14.4. The molecule has 4 aromatic rings. The van der Waals surface area contributed by atoms with Gasteiger partial charge in [-0.3, -0.25) is 0 Å². The summed E-state index contributed by atoms with van der Waals surface area (Å²) in [5, 5.41) is 22.3. The maximum Gasteiger partial charge on any atom is 0.163 e. The van der Waals surface area contributed by atoms with Gasteiger partial charge < -0.3 is 10.2 Å². The summed E-state index contributed by atoms with van der Waals surface area (Å²) in [7, 11) is -4.04. The Morgan fingerprint density at radius 1 is 0.486 bits per heavy atom. The van der Waals surface area contributed by atoms with Gasteiger partial charge in [-0.25, -0.2) is 8.42 Å². The topological polar surface area (TPSA) is 74.6 Å². The van der Waals surface area contributed by atoms with E-state index >= 15 is 0 Å². The van der Waals surface area contributed by atoms with Crippen LogP contribution >= 0.6 is 0 Å². The first kappa shape index (κ1) is 23.5. The maximum absolute atomic E-state index is 14.4. The van der Waals surface area contributed by atoms with Crippen LogP contribution in [0, 0.1) is 0 Å². The Morgan fingerprint density at radius 2 is 0.714 bits per heavy atom. The fraction of sp³-hybridized carbons (Fsp3) is 0.200. The van der Waals surface area contributed by atoms with Gasteiger partial charge in [0.1, 0.15) is 11.2 Å². The fourth-order valence-electron chi connectivity index (χ4n) is 5.57. The van der Waals surface area contributed by atoms with Gasteiger partial charge in [0, 0.05) is 0 Å². The van der Waals surface area contributed by atoms with Crippen LogP contribution in [-0.2, 0) is 21.0 Å². The SMILES string of the molecule is O=S1(=O)[C@H](C(O)(c2ccccc2)c2ccccc2)CC[C@H]1C(O)(c1ccccc1)c1ccccc1. The van der Waals surface area contributed by atoms with Crippen molar-refractivity contribution in [2.45, 2.75) is 34.5 Å². The van der Waals surface area contributed by atoms with Gasteiger partial charge in [0.25, 0.3) is 0 Å². The average molecular weight is 485 g/mol. The van der Waals surface area contributed by atoms with Crippen molar-refractivity contribution < 1.29 is 18.6 Å². The van der Waals surface area contributed by atoms with Crippen LogP contribution in [0.25, 0.3) is 0 Å². The van der Waals surface area contributed by atoms with Crippen molar-refractivity contribution in [2.75, 3.05) is 0 Å². The molecule has 0 radical (unpaired) electrons. The third kappa shape index (κ3) is 3.80. The minimum Gasteiger partial charge on any atom is -0.379 e. The molecule has 2 N–H and O–H groups in total. The van der Waals surface area contributed by atoms with Gasteiger partial charge in [0.05, 0.1) is 10.5 Å². The van der Waals surface area contributed by atoms with E-state index in [0.29, 0.717) is 22.3 Å². The Morgan fingerprint density at radius 3 is 0.943 bits per heavy atom. The van der Waals surface area contributed by atoms with E-state index in [0.717, 1.165) is 0 Å². The van der Waals surface area contributed by atoms with Crippen molar-refractivity contribution in [1.29, 1.82) is 0 Å². The molecule has 0 amide bonds. The molecular formula is C30H28O4S. The highest BCUT2D eigenvalue weighted by Crippen LogP contribution is 2.50. The molecule has 5 rings (SSSR count). The lowest BCUT2D eigenvalue weighted by atomic mass is 9.79. The van der Waals surface area contributed by atoms with Gasteiger partial charge in [-0.2, -0.15) is 0 Å². The molecular weight excluding hydrogens is 456 g/mol. The molecule has 4 nitrogen and oxygen atoms in total. The molecule has 5 heteroatoms. The minimum absolute atomic E-state index is 0.218. The first-order valence-electron chi connectivity index (χ1n) is 11.8. The van der Waals surface area contributed by atoms with E-state index in [2.05, 4.69) is 0 Å². The van der Waals surface area contributed by atoms with E-state index in [-0.39, 0.29) is 12.8 Å². The van der Waals surface area contributed by atoms with E-state index in [1.54, 1.807) is 97.1 Å². The highest BCUT2D eigenvalue weighted by atomic mass is 32.2. The highest BCUT2D eigenvalue weighted by Gasteiger charge is 2.60. The predicted molar refractivity (Wildman–Crippen MR) is 137 cm³/mol. The number of sulfone groups is 1. The van der Waals surface area contributed by atoms with Crippen LogP contribution in [0.5, 0.6) is 0 Å². The average Bonchev–Trinajstić information content (AvgIpc) is 3.25. The van der Waals surface area contributed by atoms with Crippen LogP contribution in [0.4, 0.5) is 0 Å². The standard InChI is InChI=1S/C30H28O4S/c31-29(23-13-5-1-6-14-23,24-15-7-2-8-16-24)27-21-22-28(35(27,33)34)30(32,25-17-9-3-10-18-25)26-19-11-4-12-20-26/h1-20,27-28,31-32H,21-22H2/t27-,28-/m0/s1. The van der Waals surface area contributed by atoms with Gasteiger partial charge in [0.15, 0.2) is 9.84 Å². The van der Waals surface area contributed by atoms with Crippen LogP contribution in [0.1, 0.15) is 35.1 Å². The second-order valence-corrected chi connectivity index (χ2v) is 11.5. The summed E-state index contributed by atoms with van der Waals surface area (Å²) in [5.74, 6) is 0. The Kier molecular flexibility index (Phi) is 6.09. The monoisotopic (exact) mass is 484 g/mol. The Hall–Kier alpha value is -3.25. The molecule has 178 valence electrons. The van der Waals surface area contributed by atoms with Gasteiger partial charge >= 0.3 is 0 Å². The lowest BCUT2D eigenvalue weighted by Gasteiger charge is -2.38. The van der Waals surface area contributed by atoms with Crippen molar-refractivity contribution in [1.82, 2.24) is 0 Å². The summed E-state index contributed by atoms with van der Waals surface area (Å²) in [4.78, 5) is 0. The third-order valence-corrected chi connectivity index (χ3v) is 10.0. The second-order valence-electron chi connectivity index (χ2n) is 9.14. The Bertz CT molecular complexity index is 1190. The predicted octanol–water partition coefficient (Wildman–Crippen LogP) is 4.80. The first-order valence-corrected chi connectivity index (χ1v) is 13.4. The van der Waals surface area contributed by atoms with Crippen molar-refractivity contribution in [3.63, 3.8) is 0 Å². The number of hydrogen-bond acceptors (Lipinski definition) is 4. The molecule has 0 bridgehead atoms. The number of rotatable bonds is 6. The first-order chi connectivity index (χ1) is 16.9. The van der Waals surface area contributed by atoms with Crippen molar-refractivity contribution in [2.24, 2.45) is 0 Å². The van der Waals surface area contributed by atoms with Crippen LogP contribution in [0.2, 0.25) is 0 Å². The number of aliphatic hydroxyl groups is 2. The molecule has 1 heterocycles. The molecule has 0 spiro atoms. The molecule has 0 unspecified atom stereocenters. The second kappa shape index (κ2) is 9.08. The lowest BCUT2D eigenvalue weighted by molar-refractivity contribution is 0.0718. The molecule has 1 aliphatic rings. The van der Waals surface area contributed by atoms with Crippen LogP contribution in [0.3, 0.4) is 0 Å². The largest absolute Gasteiger partial charge is 0.379 e. The molecule has 1 aliphatic heterocycles. The van der Waals surface area contributed by atoms with Gasteiger partial charge in [0.2, 0.25) is 0 Å². The molecule has 1 fully saturated rings. The summed E-state index contributed by atoms with van der Waals surface area (Å²) >= 11 is 0. The lowest BCUT2D eigenvalue weighted by Crippen LogP contribution is -2.49. The zero-order valence-corrected chi connectivity index (χ0v) is 20.1. The van der Waals surface area contributed by atoms with Crippen LogP contribution < -0.4 is 0 Å². The van der Waals surface area contributed by atoms with Gasteiger partial charge in [-0.05, 0) is 35.1 Å². The van der Waals surface area contributed by atoms with Gasteiger partial charge in [-0.1, -0.05) is 121 Å². The number of hydrogen-bond donors (Lipinski definition) is 2. The molecule has 4 aromatic carbocycles. The molecule has 1 saturated heterocycles. The highest BCUT2D eigenvalue weighted by molar-refractivity contribution is 7.93. The quantitative estimate of drug-likeness (QED) is 0.412. The molecule has 0 saturated carbocycles. The van der Waals surface area contributed by atoms with Crippen LogP contribution in [0.15, 0.2) is 121 Å². The molecule has 2 atom stereocenters. The van der Waals surface area contributed by atoms with E-state index in [1.807, 2.05) is 24.3 Å². The zero-order valence-electron chi connectivity index (χ0n) is 19.2. The Balaban J connectivity index is 1.68. The Labute approximate surface area is 206 Å². The molecule has 0 aliphatic carbocycles. The fourth-order valence-corrected chi connectivity index (χ4v) is 8.39. The third-order valence-electron chi connectivity index (χ3n) is 7.27. The summed E-state index contributed by atoms with van der Waals surface area (Å²) in [6, 6.07) is 35.8.